The van der Waals surface area contributed by atoms with Crippen LogP contribution in [0.25, 0.3) is 0 Å². The van der Waals surface area contributed by atoms with Crippen LogP contribution in [0.2, 0.25) is 0 Å². The Kier molecular flexibility index (Phi) is 3.46. The molecule has 2 aromatic rings. The van der Waals surface area contributed by atoms with Gasteiger partial charge in [0.2, 0.25) is 5.95 Å². The van der Waals surface area contributed by atoms with Crippen molar-refractivity contribution in [3.63, 3.8) is 0 Å². The van der Waals surface area contributed by atoms with Gasteiger partial charge >= 0.3 is 0 Å². The predicted octanol–water partition coefficient (Wildman–Crippen LogP) is 2.80. The molecule has 1 unspecified atom stereocenters. The molecule has 16 heavy (non-hydrogen) atoms. The topological polar surface area (TPSA) is 50.7 Å². The SMILES string of the molecule is CCC(Nc1ncc(C)cn1)c1nccs1. The summed E-state index contributed by atoms with van der Waals surface area (Å²) in [6.45, 7) is 4.09. The maximum atomic E-state index is 4.30. The van der Waals surface area contributed by atoms with Crippen LogP contribution in [0.3, 0.4) is 0 Å². The predicted molar refractivity (Wildman–Crippen MR) is 65.5 cm³/mol. The van der Waals surface area contributed by atoms with Gasteiger partial charge in [-0.05, 0) is 18.9 Å². The highest BCUT2D eigenvalue weighted by molar-refractivity contribution is 7.09. The molecule has 0 aliphatic carbocycles. The minimum atomic E-state index is 0.197. The molecule has 0 aromatic carbocycles. The Balaban J connectivity index is 2.10. The molecule has 0 saturated heterocycles. The molecular formula is C11H14N4S. The van der Waals surface area contributed by atoms with E-state index in [9.17, 15) is 0 Å². The third-order valence-electron chi connectivity index (χ3n) is 2.24. The molecule has 0 spiro atoms. The fourth-order valence-electron chi connectivity index (χ4n) is 1.37. The van der Waals surface area contributed by atoms with Crippen LogP contribution >= 0.6 is 11.3 Å². The third kappa shape index (κ3) is 2.55. The lowest BCUT2D eigenvalue weighted by Gasteiger charge is -2.13. The molecule has 0 saturated carbocycles. The quantitative estimate of drug-likeness (QED) is 0.883. The number of hydrogen-bond donors (Lipinski definition) is 1. The first-order valence-corrected chi connectivity index (χ1v) is 6.12. The summed E-state index contributed by atoms with van der Waals surface area (Å²) in [5.41, 5.74) is 1.06. The van der Waals surface area contributed by atoms with E-state index in [0.29, 0.717) is 5.95 Å². The number of anilines is 1. The summed E-state index contributed by atoms with van der Waals surface area (Å²) < 4.78 is 0. The van der Waals surface area contributed by atoms with Gasteiger partial charge in [-0.15, -0.1) is 11.3 Å². The lowest BCUT2D eigenvalue weighted by atomic mass is 10.2. The molecule has 84 valence electrons. The van der Waals surface area contributed by atoms with Crippen molar-refractivity contribution in [1.82, 2.24) is 15.0 Å². The maximum Gasteiger partial charge on any atom is 0.223 e. The van der Waals surface area contributed by atoms with Gasteiger partial charge in [0.25, 0.3) is 0 Å². The summed E-state index contributed by atoms with van der Waals surface area (Å²) in [6.07, 6.45) is 6.40. The van der Waals surface area contributed by atoms with E-state index in [2.05, 4.69) is 27.2 Å². The Bertz CT molecular complexity index is 424. The fraction of sp³-hybridized carbons (Fsp3) is 0.364. The Hall–Kier alpha value is -1.49. The van der Waals surface area contributed by atoms with E-state index in [0.717, 1.165) is 17.0 Å². The molecule has 0 aliphatic heterocycles. The van der Waals surface area contributed by atoms with Gasteiger partial charge < -0.3 is 5.32 Å². The smallest absolute Gasteiger partial charge is 0.223 e. The molecular weight excluding hydrogens is 220 g/mol. The maximum absolute atomic E-state index is 4.30. The van der Waals surface area contributed by atoms with Crippen LogP contribution in [-0.2, 0) is 0 Å². The number of hydrogen-bond acceptors (Lipinski definition) is 5. The highest BCUT2D eigenvalue weighted by atomic mass is 32.1. The van der Waals surface area contributed by atoms with Crippen LogP contribution in [0.1, 0.15) is 30.0 Å². The molecule has 2 aromatic heterocycles. The normalized spacial score (nSPS) is 12.4. The minimum absolute atomic E-state index is 0.197. The van der Waals surface area contributed by atoms with E-state index in [1.807, 2.05) is 30.9 Å². The molecule has 4 nitrogen and oxygen atoms in total. The van der Waals surface area contributed by atoms with Gasteiger partial charge in [-0.1, -0.05) is 6.92 Å². The van der Waals surface area contributed by atoms with E-state index in [1.165, 1.54) is 0 Å². The Morgan fingerprint density at radius 1 is 1.31 bits per heavy atom. The molecule has 1 atom stereocenters. The first-order valence-electron chi connectivity index (χ1n) is 5.24. The lowest BCUT2D eigenvalue weighted by Crippen LogP contribution is -2.11. The van der Waals surface area contributed by atoms with Crippen molar-refractivity contribution in [2.24, 2.45) is 0 Å². The molecule has 0 radical (unpaired) electrons. The number of thiazole rings is 1. The van der Waals surface area contributed by atoms with Gasteiger partial charge in [0.1, 0.15) is 5.01 Å². The minimum Gasteiger partial charge on any atom is -0.345 e. The number of nitrogens with zero attached hydrogens (tertiary/aromatic N) is 3. The molecule has 0 fully saturated rings. The molecule has 0 amide bonds. The van der Waals surface area contributed by atoms with Gasteiger partial charge in [-0.3, -0.25) is 0 Å². The van der Waals surface area contributed by atoms with Crippen LogP contribution in [0, 0.1) is 6.92 Å². The zero-order valence-electron chi connectivity index (χ0n) is 9.34. The second-order valence-corrected chi connectivity index (χ2v) is 4.49. The number of aryl methyl sites for hydroxylation is 1. The van der Waals surface area contributed by atoms with Crippen molar-refractivity contribution in [2.45, 2.75) is 26.3 Å². The van der Waals surface area contributed by atoms with Crippen molar-refractivity contribution in [3.8, 4) is 0 Å². The van der Waals surface area contributed by atoms with Crippen molar-refractivity contribution < 1.29 is 0 Å². The third-order valence-corrected chi connectivity index (χ3v) is 3.13. The van der Waals surface area contributed by atoms with Gasteiger partial charge in [0.05, 0.1) is 6.04 Å². The summed E-state index contributed by atoms with van der Waals surface area (Å²) in [6, 6.07) is 0.197. The van der Waals surface area contributed by atoms with Crippen LogP contribution in [0.5, 0.6) is 0 Å². The molecule has 0 aliphatic rings. The molecule has 2 heterocycles. The standard InChI is InChI=1S/C11H14N4S/c1-3-9(10-12-4-5-16-10)15-11-13-6-8(2)7-14-11/h4-7,9H,3H2,1-2H3,(H,13,14,15). The van der Waals surface area contributed by atoms with E-state index in [4.69, 9.17) is 0 Å². The Morgan fingerprint density at radius 2 is 2.06 bits per heavy atom. The van der Waals surface area contributed by atoms with Crippen LogP contribution in [0.15, 0.2) is 24.0 Å². The van der Waals surface area contributed by atoms with E-state index >= 15 is 0 Å². The Morgan fingerprint density at radius 3 is 2.62 bits per heavy atom. The van der Waals surface area contributed by atoms with Crippen molar-refractivity contribution in [2.75, 3.05) is 5.32 Å². The zero-order chi connectivity index (χ0) is 11.4. The number of nitrogens with one attached hydrogen (secondary N) is 1. The first kappa shape index (κ1) is 11.0. The largest absolute Gasteiger partial charge is 0.345 e. The van der Waals surface area contributed by atoms with Gasteiger partial charge in [-0.2, -0.15) is 0 Å². The second kappa shape index (κ2) is 5.03. The molecule has 0 bridgehead atoms. The van der Waals surface area contributed by atoms with Gasteiger partial charge in [-0.25, -0.2) is 15.0 Å². The van der Waals surface area contributed by atoms with Crippen LogP contribution in [0.4, 0.5) is 5.95 Å². The molecule has 5 heteroatoms. The summed E-state index contributed by atoms with van der Waals surface area (Å²) in [5, 5.41) is 6.34. The summed E-state index contributed by atoms with van der Waals surface area (Å²) in [7, 11) is 0. The van der Waals surface area contributed by atoms with Gasteiger partial charge in [0.15, 0.2) is 0 Å². The van der Waals surface area contributed by atoms with Crippen LogP contribution in [-0.4, -0.2) is 15.0 Å². The molecule has 2 rings (SSSR count). The summed E-state index contributed by atoms with van der Waals surface area (Å²) >= 11 is 1.65. The number of aromatic nitrogens is 3. The average Bonchev–Trinajstić information content (AvgIpc) is 2.82. The molecule has 1 N–H and O–H groups in total. The summed E-state index contributed by atoms with van der Waals surface area (Å²) in [4.78, 5) is 12.8. The van der Waals surface area contributed by atoms with Crippen molar-refractivity contribution in [1.29, 1.82) is 0 Å². The second-order valence-electron chi connectivity index (χ2n) is 3.56. The van der Waals surface area contributed by atoms with Crippen molar-refractivity contribution >= 4 is 17.3 Å². The average molecular weight is 234 g/mol. The highest BCUT2D eigenvalue weighted by Gasteiger charge is 2.12. The highest BCUT2D eigenvalue weighted by Crippen LogP contribution is 2.22. The van der Waals surface area contributed by atoms with Crippen molar-refractivity contribution in [3.05, 3.63) is 34.5 Å². The van der Waals surface area contributed by atoms with E-state index in [1.54, 1.807) is 11.3 Å². The zero-order valence-corrected chi connectivity index (χ0v) is 10.2. The van der Waals surface area contributed by atoms with E-state index in [-0.39, 0.29) is 6.04 Å². The van der Waals surface area contributed by atoms with Gasteiger partial charge in [0, 0.05) is 24.0 Å². The Labute approximate surface area is 98.8 Å². The van der Waals surface area contributed by atoms with E-state index < -0.39 is 0 Å². The van der Waals surface area contributed by atoms with Crippen LogP contribution < -0.4 is 5.32 Å². The number of rotatable bonds is 4. The lowest BCUT2D eigenvalue weighted by molar-refractivity contribution is 0.731. The monoisotopic (exact) mass is 234 g/mol. The first-order chi connectivity index (χ1) is 7.79. The fourth-order valence-corrected chi connectivity index (χ4v) is 2.14. The summed E-state index contributed by atoms with van der Waals surface area (Å²) in [5.74, 6) is 0.660.